The van der Waals surface area contributed by atoms with Crippen LogP contribution in [0.25, 0.3) is 16.8 Å². The molecule has 4 aromatic rings. The summed E-state index contributed by atoms with van der Waals surface area (Å²) in [7, 11) is 0. The quantitative estimate of drug-likeness (QED) is 0.380. The molecular weight excluding hydrogens is 500 g/mol. The van der Waals surface area contributed by atoms with E-state index in [9.17, 15) is 14.3 Å². The van der Waals surface area contributed by atoms with Crippen LogP contribution in [0.15, 0.2) is 41.7 Å². The molecule has 11 heteroatoms. The molecule has 4 heterocycles. The largest absolute Gasteiger partial charge is 0.476 e. The lowest BCUT2D eigenvalue weighted by molar-refractivity contribution is -0.125. The Bertz CT molecular complexity index is 1530. The second kappa shape index (κ2) is 9.07. The lowest BCUT2D eigenvalue weighted by Crippen LogP contribution is -2.44. The minimum absolute atomic E-state index is 0.0205. The van der Waals surface area contributed by atoms with Crippen LogP contribution >= 0.6 is 11.8 Å². The first-order chi connectivity index (χ1) is 17.5. The monoisotopic (exact) mass is 525 g/mol. The number of rotatable bonds is 5. The zero-order valence-electron chi connectivity index (χ0n) is 20.9. The highest BCUT2D eigenvalue weighted by molar-refractivity contribution is 7.98. The molecule has 3 aromatic heterocycles. The zero-order valence-corrected chi connectivity index (χ0v) is 21.7. The Balaban J connectivity index is 1.60. The molecular formula is C26H25F2N5O3S. The van der Waals surface area contributed by atoms with E-state index >= 15 is 4.39 Å². The summed E-state index contributed by atoms with van der Waals surface area (Å²) in [6, 6.07) is 4.40. The number of nitrogens with zero attached hydrogens (tertiary/aromatic N) is 5. The van der Waals surface area contributed by atoms with E-state index < -0.39 is 23.3 Å². The maximum Gasteiger partial charge on any atom is 0.268 e. The van der Waals surface area contributed by atoms with E-state index in [2.05, 4.69) is 15.0 Å². The number of pyridine rings is 1. The van der Waals surface area contributed by atoms with Gasteiger partial charge in [0.05, 0.1) is 23.6 Å². The standard InChI is InChI=1S/C26H25F2N5O3S/c1-13-21(12-33-20-7-16(37-5)6-19(28)23(20)36-14(2)24(33)34)32-11-17(18(27)8-22(32)31-13)15-9-29-25(30-10-15)26(3,4)35/h6-11,14,35H,12H2,1-5H3/t14-/m1/s1. The molecule has 0 saturated heterocycles. The number of aryl methyl sites for hydroxylation is 1. The van der Waals surface area contributed by atoms with Crippen LogP contribution in [0.4, 0.5) is 14.5 Å². The number of imidazole rings is 1. The molecule has 1 amide bonds. The summed E-state index contributed by atoms with van der Waals surface area (Å²) in [6.07, 6.45) is 5.42. The van der Waals surface area contributed by atoms with E-state index in [0.29, 0.717) is 33.2 Å². The molecule has 0 fully saturated rings. The van der Waals surface area contributed by atoms with Gasteiger partial charge in [0.2, 0.25) is 0 Å². The Morgan fingerprint density at radius 3 is 2.51 bits per heavy atom. The number of benzene rings is 1. The number of anilines is 1. The summed E-state index contributed by atoms with van der Waals surface area (Å²) in [4.78, 5) is 28.1. The summed E-state index contributed by atoms with van der Waals surface area (Å²) in [5.41, 5.74) is 1.34. The third-order valence-electron chi connectivity index (χ3n) is 6.26. The van der Waals surface area contributed by atoms with Crippen LogP contribution in [0, 0.1) is 18.6 Å². The first-order valence-electron chi connectivity index (χ1n) is 11.6. The van der Waals surface area contributed by atoms with Crippen molar-refractivity contribution in [2.75, 3.05) is 11.2 Å². The Kier molecular flexibility index (Phi) is 6.15. The number of carbonyl (C=O) groups excluding carboxylic acids is 1. The number of aliphatic hydroxyl groups is 1. The molecule has 1 aliphatic rings. The third-order valence-corrected chi connectivity index (χ3v) is 6.97. The summed E-state index contributed by atoms with van der Waals surface area (Å²) < 4.78 is 37.2. The first kappa shape index (κ1) is 25.1. The number of fused-ring (bicyclic) bond motifs is 2. The highest BCUT2D eigenvalue weighted by Crippen LogP contribution is 2.40. The normalized spacial score (nSPS) is 15.7. The zero-order chi connectivity index (χ0) is 26.6. The molecule has 1 N–H and O–H groups in total. The predicted molar refractivity (Wildman–Crippen MR) is 136 cm³/mol. The molecule has 0 aliphatic carbocycles. The van der Waals surface area contributed by atoms with Gasteiger partial charge in [-0.2, -0.15) is 0 Å². The SMILES string of the molecule is CSc1cc(F)c2c(c1)N(Cc1c(C)nc3cc(F)c(-c4cnc(C(C)(C)O)nc4)cn13)C(=O)[C@@H](C)O2. The smallest absolute Gasteiger partial charge is 0.268 e. The van der Waals surface area contributed by atoms with Crippen LogP contribution in [0.1, 0.15) is 38.0 Å². The molecule has 8 nitrogen and oxygen atoms in total. The fraction of sp³-hybridized carbons (Fsp3) is 0.308. The molecule has 1 aromatic carbocycles. The van der Waals surface area contributed by atoms with Gasteiger partial charge in [0.25, 0.3) is 5.91 Å². The molecule has 0 spiro atoms. The Hall–Kier alpha value is -3.57. The number of ether oxygens (including phenoxy) is 1. The lowest BCUT2D eigenvalue weighted by atomic mass is 10.1. The van der Waals surface area contributed by atoms with Gasteiger partial charge in [-0.25, -0.2) is 23.7 Å². The number of aromatic nitrogens is 4. The lowest BCUT2D eigenvalue weighted by Gasteiger charge is -2.33. The molecule has 0 bridgehead atoms. The number of hydrogen-bond donors (Lipinski definition) is 1. The minimum Gasteiger partial charge on any atom is -0.476 e. The highest BCUT2D eigenvalue weighted by atomic mass is 32.2. The summed E-state index contributed by atoms with van der Waals surface area (Å²) in [6.45, 7) is 6.55. The van der Waals surface area contributed by atoms with Crippen molar-refractivity contribution in [2.45, 2.75) is 50.8 Å². The van der Waals surface area contributed by atoms with Gasteiger partial charge in [-0.1, -0.05) is 0 Å². The molecule has 37 heavy (non-hydrogen) atoms. The van der Waals surface area contributed by atoms with Crippen LogP contribution in [0.3, 0.4) is 0 Å². The Morgan fingerprint density at radius 2 is 1.86 bits per heavy atom. The Labute approximate surface area is 216 Å². The van der Waals surface area contributed by atoms with Crippen LogP contribution in [-0.2, 0) is 16.9 Å². The van der Waals surface area contributed by atoms with Gasteiger partial charge >= 0.3 is 0 Å². The fourth-order valence-corrected chi connectivity index (χ4v) is 4.74. The predicted octanol–water partition coefficient (Wildman–Crippen LogP) is 4.64. The van der Waals surface area contributed by atoms with E-state index in [0.717, 1.165) is 0 Å². The first-order valence-corrected chi connectivity index (χ1v) is 12.8. The topological polar surface area (TPSA) is 92.9 Å². The van der Waals surface area contributed by atoms with Gasteiger partial charge in [0.1, 0.15) is 17.1 Å². The van der Waals surface area contributed by atoms with Crippen LogP contribution in [0.5, 0.6) is 5.75 Å². The third kappa shape index (κ3) is 4.42. The summed E-state index contributed by atoms with van der Waals surface area (Å²) in [5.74, 6) is -1.14. The molecule has 0 unspecified atom stereocenters. The average Bonchev–Trinajstić information content (AvgIpc) is 3.14. The maximum absolute atomic E-state index is 15.1. The number of amides is 1. The van der Waals surface area contributed by atoms with Crippen molar-refractivity contribution >= 4 is 29.0 Å². The average molecular weight is 526 g/mol. The van der Waals surface area contributed by atoms with Crippen molar-refractivity contribution in [2.24, 2.45) is 0 Å². The summed E-state index contributed by atoms with van der Waals surface area (Å²) >= 11 is 1.36. The molecule has 1 aliphatic heterocycles. The van der Waals surface area contributed by atoms with Crippen molar-refractivity contribution in [1.29, 1.82) is 0 Å². The molecule has 192 valence electrons. The van der Waals surface area contributed by atoms with Crippen molar-refractivity contribution in [3.8, 4) is 16.9 Å². The number of thioether (sulfide) groups is 1. The van der Waals surface area contributed by atoms with Gasteiger partial charge in [-0.15, -0.1) is 11.8 Å². The van der Waals surface area contributed by atoms with Gasteiger partial charge in [-0.3, -0.25) is 9.69 Å². The van der Waals surface area contributed by atoms with Crippen LogP contribution in [0.2, 0.25) is 0 Å². The summed E-state index contributed by atoms with van der Waals surface area (Å²) in [5, 5.41) is 10.1. The van der Waals surface area contributed by atoms with Crippen LogP contribution < -0.4 is 9.64 Å². The maximum atomic E-state index is 15.1. The van der Waals surface area contributed by atoms with Gasteiger partial charge in [-0.05, 0) is 46.1 Å². The van der Waals surface area contributed by atoms with Crippen molar-refractivity contribution in [1.82, 2.24) is 19.4 Å². The van der Waals surface area contributed by atoms with Gasteiger partial charge in [0.15, 0.2) is 23.5 Å². The minimum atomic E-state index is -1.23. The van der Waals surface area contributed by atoms with E-state index in [-0.39, 0.29) is 29.6 Å². The van der Waals surface area contributed by atoms with Crippen LogP contribution in [-0.4, -0.2) is 42.7 Å². The number of halogens is 2. The van der Waals surface area contributed by atoms with Crippen molar-refractivity contribution in [3.63, 3.8) is 0 Å². The molecule has 0 saturated carbocycles. The second-order valence-corrected chi connectivity index (χ2v) is 10.3. The van der Waals surface area contributed by atoms with Gasteiger partial charge < -0.3 is 14.2 Å². The number of hydrogen-bond acceptors (Lipinski definition) is 7. The van der Waals surface area contributed by atoms with E-state index in [1.54, 1.807) is 44.4 Å². The molecule has 0 radical (unpaired) electrons. The number of carbonyl (C=O) groups is 1. The van der Waals surface area contributed by atoms with Crippen molar-refractivity contribution in [3.05, 3.63) is 65.6 Å². The van der Waals surface area contributed by atoms with E-state index in [4.69, 9.17) is 4.74 Å². The van der Waals surface area contributed by atoms with E-state index in [1.165, 1.54) is 41.2 Å². The van der Waals surface area contributed by atoms with E-state index in [1.807, 2.05) is 6.26 Å². The Morgan fingerprint density at radius 1 is 1.16 bits per heavy atom. The van der Waals surface area contributed by atoms with Gasteiger partial charge in [0, 0.05) is 40.7 Å². The fourth-order valence-electron chi connectivity index (χ4n) is 4.28. The molecule has 1 atom stereocenters. The second-order valence-electron chi connectivity index (χ2n) is 9.40. The highest BCUT2D eigenvalue weighted by Gasteiger charge is 2.35. The molecule has 5 rings (SSSR count). The van der Waals surface area contributed by atoms with Crippen molar-refractivity contribution < 1.29 is 23.4 Å².